The van der Waals surface area contributed by atoms with Crippen LogP contribution in [0.4, 0.5) is 0 Å². The van der Waals surface area contributed by atoms with Crippen molar-refractivity contribution in [2.45, 2.75) is 0 Å². The van der Waals surface area contributed by atoms with Crippen LogP contribution in [-0.4, -0.2) is 0 Å². The van der Waals surface area contributed by atoms with E-state index in [1.807, 2.05) is 0 Å². The van der Waals surface area contributed by atoms with Gasteiger partial charge in [0.25, 0.3) is 2.07 Å². The number of rotatable bonds is 0. The van der Waals surface area contributed by atoms with Gasteiger partial charge in [0.2, 0.25) is 0 Å². The average molecular weight is 430 g/mol. The van der Waals surface area contributed by atoms with Gasteiger partial charge in [-0.25, -0.2) is 0 Å². The third-order valence-electron chi connectivity index (χ3n) is 0. The third-order valence-corrected chi connectivity index (χ3v) is 0. The molecule has 0 rings (SSSR count). The van der Waals surface area contributed by atoms with Crippen molar-refractivity contribution < 1.29 is 17.0 Å². The largest absolute Gasteiger partial charge is 1.00 e. The molecular weight excluding hydrogens is 430 g/mol. The van der Waals surface area contributed by atoms with E-state index in [0.29, 0.717) is 0 Å². The van der Waals surface area contributed by atoms with Gasteiger partial charge in [-0.15, -0.1) is 0 Å². The molecule has 0 nitrogen and oxygen atoms in total. The number of halogens is 5. The minimum atomic E-state index is -1.14. The van der Waals surface area contributed by atoms with E-state index in [1.54, 1.807) is 0 Å². The van der Waals surface area contributed by atoms with E-state index in [0.717, 1.165) is 0 Å². The van der Waals surface area contributed by atoms with Gasteiger partial charge in [0.05, 0.1) is 0 Å². The summed E-state index contributed by atoms with van der Waals surface area (Å²) in [5.74, 6) is 0. The SMILES string of the molecule is Br[P+](Br)(Br)Br.[Br-]. The first-order chi connectivity index (χ1) is 2.00. The molecule has 0 saturated heterocycles. The average Bonchev–Trinajstić information content (AvgIpc) is 0.722. The Kier molecular flexibility index (Phi) is 9.06. The van der Waals surface area contributed by atoms with Crippen molar-refractivity contribution >= 4 is 64.0 Å². The highest BCUT2D eigenvalue weighted by molar-refractivity contribution is 10.2. The second-order valence-electron chi connectivity index (χ2n) is 0.383. The van der Waals surface area contributed by atoms with Crippen molar-refractivity contribution in [3.05, 3.63) is 0 Å². The highest BCUT2D eigenvalue weighted by Crippen LogP contribution is 2.85. The lowest BCUT2D eigenvalue weighted by Crippen LogP contribution is -3.00. The van der Waals surface area contributed by atoms with Gasteiger partial charge >= 0.3 is 0 Å². The van der Waals surface area contributed by atoms with Crippen molar-refractivity contribution in [1.82, 2.24) is 0 Å². The van der Waals surface area contributed by atoms with Crippen molar-refractivity contribution in [3.8, 4) is 0 Å². The molecular formula is Br5P. The Morgan fingerprint density at radius 3 is 0.833 bits per heavy atom. The summed E-state index contributed by atoms with van der Waals surface area (Å²) in [5, 5.41) is 0. The van der Waals surface area contributed by atoms with Crippen LogP contribution < -0.4 is 17.0 Å². The molecule has 0 fully saturated rings. The lowest BCUT2D eigenvalue weighted by Gasteiger charge is -1.77. The molecule has 0 amide bonds. The Morgan fingerprint density at radius 1 is 0.833 bits per heavy atom. The Bertz CT molecular complexity index is 19.4. The molecule has 6 heteroatoms. The third kappa shape index (κ3) is 29.0. The Labute approximate surface area is 79.9 Å². The van der Waals surface area contributed by atoms with E-state index in [9.17, 15) is 0 Å². The van der Waals surface area contributed by atoms with Crippen molar-refractivity contribution in [3.63, 3.8) is 0 Å². The molecule has 0 aromatic heterocycles. The fourth-order valence-corrected chi connectivity index (χ4v) is 0. The molecule has 40 valence electrons. The van der Waals surface area contributed by atoms with Gasteiger partial charge in [-0.1, -0.05) is 0 Å². The van der Waals surface area contributed by atoms with Crippen molar-refractivity contribution in [2.24, 2.45) is 0 Å². The molecule has 0 N–H and O–H groups in total. The van der Waals surface area contributed by atoms with Crippen LogP contribution in [0.25, 0.3) is 0 Å². The minimum absolute atomic E-state index is 0. The maximum atomic E-state index is 3.24. The van der Waals surface area contributed by atoms with Crippen LogP contribution >= 0.6 is 64.0 Å². The van der Waals surface area contributed by atoms with E-state index in [-0.39, 0.29) is 17.0 Å². The number of hydrogen-bond acceptors (Lipinski definition) is 0. The molecule has 0 aliphatic heterocycles. The second-order valence-corrected chi connectivity index (χ2v) is 31.0. The molecule has 0 radical (unpaired) electrons. The molecule has 0 aliphatic carbocycles. The van der Waals surface area contributed by atoms with Gasteiger partial charge in [-0.3, -0.25) is 0 Å². The van der Waals surface area contributed by atoms with Gasteiger partial charge in [0, 0.05) is 0 Å². The summed E-state index contributed by atoms with van der Waals surface area (Å²) in [6, 6.07) is 0. The molecule has 0 aliphatic rings. The zero-order valence-corrected chi connectivity index (χ0v) is 11.2. The molecule has 0 spiro atoms. The Morgan fingerprint density at radius 2 is 0.833 bits per heavy atom. The van der Waals surface area contributed by atoms with E-state index in [1.165, 1.54) is 0 Å². The summed E-state index contributed by atoms with van der Waals surface area (Å²) in [6.45, 7) is 0. The lowest BCUT2D eigenvalue weighted by atomic mass is 30.9. The molecule has 0 atom stereocenters. The second kappa shape index (κ2) is 4.68. The summed E-state index contributed by atoms with van der Waals surface area (Å²) >= 11 is 12.9. The molecule has 0 unspecified atom stereocenters. The fourth-order valence-electron chi connectivity index (χ4n) is 0. The maximum absolute atomic E-state index is 3.24. The molecule has 0 bridgehead atoms. The predicted octanol–water partition coefficient (Wildman–Crippen LogP) is 1.25. The molecule has 0 heterocycles. The zero-order chi connectivity index (χ0) is 4.50. The summed E-state index contributed by atoms with van der Waals surface area (Å²) in [5.41, 5.74) is 0. The zero-order valence-electron chi connectivity index (χ0n) is 2.34. The van der Waals surface area contributed by atoms with E-state index in [2.05, 4.69) is 62.0 Å². The van der Waals surface area contributed by atoms with Gasteiger partial charge in [0.15, 0.2) is 62.0 Å². The van der Waals surface area contributed by atoms with E-state index in [4.69, 9.17) is 0 Å². The lowest BCUT2D eigenvalue weighted by molar-refractivity contribution is -0.000000495. The van der Waals surface area contributed by atoms with Crippen LogP contribution in [0.5, 0.6) is 0 Å². The standard InChI is InChI=1S/Br4P.BrH/c1-5(2,3)4;/h;1H/q+1;/p-1. The highest BCUT2D eigenvalue weighted by atomic mass is 80.0. The summed E-state index contributed by atoms with van der Waals surface area (Å²) < 4.78 is -1.14. The highest BCUT2D eigenvalue weighted by Gasteiger charge is 2.23. The molecule has 0 aromatic rings. The van der Waals surface area contributed by atoms with Gasteiger partial charge < -0.3 is 17.0 Å². The molecule has 0 saturated carbocycles. The number of hydrogen-bond donors (Lipinski definition) is 0. The van der Waals surface area contributed by atoms with E-state index >= 15 is 0 Å². The Hall–Kier alpha value is 2.83. The van der Waals surface area contributed by atoms with Crippen LogP contribution in [0.1, 0.15) is 0 Å². The van der Waals surface area contributed by atoms with Crippen molar-refractivity contribution in [2.75, 3.05) is 0 Å². The van der Waals surface area contributed by atoms with Gasteiger partial charge in [0.1, 0.15) is 0 Å². The topological polar surface area (TPSA) is 0 Å². The van der Waals surface area contributed by atoms with E-state index < -0.39 is 2.07 Å². The predicted molar refractivity (Wildman–Crippen MR) is 42.6 cm³/mol. The van der Waals surface area contributed by atoms with Crippen LogP contribution in [0.3, 0.4) is 0 Å². The first-order valence-electron chi connectivity index (χ1n) is 0.676. The van der Waals surface area contributed by atoms with Crippen molar-refractivity contribution in [1.29, 1.82) is 0 Å². The summed E-state index contributed by atoms with van der Waals surface area (Å²) in [6.07, 6.45) is 0. The maximum Gasteiger partial charge on any atom is 0.287 e. The van der Waals surface area contributed by atoms with Crippen LogP contribution in [-0.2, 0) is 0 Å². The van der Waals surface area contributed by atoms with Crippen LogP contribution in [0.15, 0.2) is 0 Å². The minimum Gasteiger partial charge on any atom is -1.00 e. The Balaban J connectivity index is 0. The molecule has 6 heavy (non-hydrogen) atoms. The normalized spacial score (nSPS) is 10.0. The van der Waals surface area contributed by atoms with Gasteiger partial charge in [-0.05, 0) is 0 Å². The summed E-state index contributed by atoms with van der Waals surface area (Å²) in [7, 11) is 0. The van der Waals surface area contributed by atoms with Gasteiger partial charge in [-0.2, -0.15) is 0 Å². The first kappa shape index (κ1) is 11.6. The van der Waals surface area contributed by atoms with Crippen LogP contribution in [0, 0.1) is 0 Å². The summed E-state index contributed by atoms with van der Waals surface area (Å²) in [4.78, 5) is 0. The van der Waals surface area contributed by atoms with Crippen LogP contribution in [0.2, 0.25) is 0 Å². The smallest absolute Gasteiger partial charge is 0.287 e. The monoisotopic (exact) mass is 426 g/mol. The quantitative estimate of drug-likeness (QED) is 0.508. The molecule has 0 aromatic carbocycles. The first-order valence-corrected chi connectivity index (χ1v) is 10.5. The fraction of sp³-hybridized carbons (Fsp3) is 0.